The Hall–Kier alpha value is -1.00. The molecular weight excluding hydrogens is 228 g/mol. The second-order valence-corrected chi connectivity index (χ2v) is 4.30. The van der Waals surface area contributed by atoms with Gasteiger partial charge >= 0.3 is 0 Å². The van der Waals surface area contributed by atoms with E-state index in [-0.39, 0.29) is 0 Å². The molecule has 1 heterocycles. The van der Waals surface area contributed by atoms with Gasteiger partial charge in [-0.05, 0) is 12.0 Å². The number of pyridine rings is 1. The lowest BCUT2D eigenvalue weighted by molar-refractivity contribution is 0.0808. The fourth-order valence-electron chi connectivity index (χ4n) is 1.08. The molecule has 0 amide bonds. The normalized spacial score (nSPS) is 10.8. The standard InChI is InChI=1S/C11H17ClN2O2/c1-8(2)7-15-3-4-16-11-10(13)5-9(12)6-14-11/h5-6,8H,3-4,7,13H2,1-2H3. The number of hydrogen-bond donors (Lipinski definition) is 1. The van der Waals surface area contributed by atoms with Crippen LogP contribution in [0.15, 0.2) is 12.3 Å². The van der Waals surface area contributed by atoms with E-state index in [1.54, 1.807) is 6.07 Å². The first-order chi connectivity index (χ1) is 7.59. The van der Waals surface area contributed by atoms with Gasteiger partial charge in [-0.25, -0.2) is 4.98 Å². The van der Waals surface area contributed by atoms with Crippen molar-refractivity contribution in [2.45, 2.75) is 13.8 Å². The lowest BCUT2D eigenvalue weighted by atomic mass is 10.2. The molecule has 4 nitrogen and oxygen atoms in total. The molecule has 0 radical (unpaired) electrons. The zero-order valence-electron chi connectivity index (χ0n) is 9.57. The number of anilines is 1. The lowest BCUT2D eigenvalue weighted by Crippen LogP contribution is -2.11. The highest BCUT2D eigenvalue weighted by Gasteiger charge is 2.02. The minimum Gasteiger partial charge on any atom is -0.474 e. The summed E-state index contributed by atoms with van der Waals surface area (Å²) in [4.78, 5) is 3.98. The third-order valence-corrected chi connectivity index (χ3v) is 1.97. The Bertz CT molecular complexity index is 332. The van der Waals surface area contributed by atoms with Crippen LogP contribution in [0.25, 0.3) is 0 Å². The molecule has 2 N–H and O–H groups in total. The number of aromatic nitrogens is 1. The molecule has 16 heavy (non-hydrogen) atoms. The van der Waals surface area contributed by atoms with Crippen LogP contribution in [0, 0.1) is 5.92 Å². The van der Waals surface area contributed by atoms with Crippen LogP contribution in [-0.4, -0.2) is 24.8 Å². The number of rotatable bonds is 6. The largest absolute Gasteiger partial charge is 0.474 e. The number of hydrogen-bond acceptors (Lipinski definition) is 4. The van der Waals surface area contributed by atoms with Gasteiger partial charge in [-0.3, -0.25) is 0 Å². The number of nitrogens with zero attached hydrogens (tertiary/aromatic N) is 1. The third kappa shape index (κ3) is 4.68. The fourth-order valence-corrected chi connectivity index (χ4v) is 1.25. The van der Waals surface area contributed by atoms with Gasteiger partial charge in [-0.15, -0.1) is 0 Å². The van der Waals surface area contributed by atoms with Crippen LogP contribution in [-0.2, 0) is 4.74 Å². The molecule has 0 saturated heterocycles. The van der Waals surface area contributed by atoms with E-state index in [1.807, 2.05) is 0 Å². The molecule has 0 unspecified atom stereocenters. The Kier molecular flexibility index (Phi) is 5.35. The van der Waals surface area contributed by atoms with E-state index in [0.717, 1.165) is 6.61 Å². The highest BCUT2D eigenvalue weighted by atomic mass is 35.5. The number of halogens is 1. The molecule has 5 heteroatoms. The fraction of sp³-hybridized carbons (Fsp3) is 0.545. The van der Waals surface area contributed by atoms with E-state index in [2.05, 4.69) is 18.8 Å². The molecule has 0 aromatic carbocycles. The van der Waals surface area contributed by atoms with Gasteiger partial charge in [0.2, 0.25) is 5.88 Å². The van der Waals surface area contributed by atoms with Gasteiger partial charge in [0.1, 0.15) is 6.61 Å². The highest BCUT2D eigenvalue weighted by molar-refractivity contribution is 6.30. The predicted octanol–water partition coefficient (Wildman–Crippen LogP) is 2.37. The van der Waals surface area contributed by atoms with Gasteiger partial charge in [-0.2, -0.15) is 0 Å². The van der Waals surface area contributed by atoms with Crippen LogP contribution in [0.4, 0.5) is 5.69 Å². The molecule has 0 fully saturated rings. The second kappa shape index (κ2) is 6.55. The van der Waals surface area contributed by atoms with E-state index >= 15 is 0 Å². The van der Waals surface area contributed by atoms with Crippen molar-refractivity contribution >= 4 is 17.3 Å². The van der Waals surface area contributed by atoms with Crippen LogP contribution < -0.4 is 10.5 Å². The van der Waals surface area contributed by atoms with Crippen LogP contribution in [0.5, 0.6) is 5.88 Å². The van der Waals surface area contributed by atoms with E-state index < -0.39 is 0 Å². The molecule has 0 atom stereocenters. The molecular formula is C11H17ClN2O2. The molecule has 0 spiro atoms. The van der Waals surface area contributed by atoms with Crippen molar-refractivity contribution in [1.82, 2.24) is 4.98 Å². The first kappa shape index (κ1) is 13.1. The van der Waals surface area contributed by atoms with Crippen LogP contribution >= 0.6 is 11.6 Å². The Balaban J connectivity index is 2.27. The SMILES string of the molecule is CC(C)COCCOc1ncc(Cl)cc1N. The first-order valence-electron chi connectivity index (χ1n) is 5.21. The van der Waals surface area contributed by atoms with Crippen molar-refractivity contribution in [3.05, 3.63) is 17.3 Å². The van der Waals surface area contributed by atoms with E-state index in [1.165, 1.54) is 6.20 Å². The van der Waals surface area contributed by atoms with Gasteiger partial charge in [0.15, 0.2) is 0 Å². The summed E-state index contributed by atoms with van der Waals surface area (Å²) in [6.07, 6.45) is 1.50. The lowest BCUT2D eigenvalue weighted by Gasteiger charge is -2.09. The minimum absolute atomic E-state index is 0.401. The maximum atomic E-state index is 5.71. The summed E-state index contributed by atoms with van der Waals surface area (Å²) < 4.78 is 10.7. The topological polar surface area (TPSA) is 57.4 Å². The molecule has 0 saturated carbocycles. The molecule has 0 aliphatic rings. The van der Waals surface area contributed by atoms with Gasteiger partial charge in [-0.1, -0.05) is 25.4 Å². The highest BCUT2D eigenvalue weighted by Crippen LogP contribution is 2.21. The van der Waals surface area contributed by atoms with E-state index in [4.69, 9.17) is 26.8 Å². The average molecular weight is 245 g/mol. The summed E-state index contributed by atoms with van der Waals surface area (Å²) in [6, 6.07) is 1.61. The van der Waals surface area contributed by atoms with Crippen molar-refractivity contribution < 1.29 is 9.47 Å². The number of ether oxygens (including phenoxy) is 2. The maximum Gasteiger partial charge on any atom is 0.237 e. The summed E-state index contributed by atoms with van der Waals surface area (Å²) in [5.41, 5.74) is 6.11. The second-order valence-electron chi connectivity index (χ2n) is 3.87. The van der Waals surface area contributed by atoms with Crippen molar-refractivity contribution in [2.24, 2.45) is 5.92 Å². The van der Waals surface area contributed by atoms with Gasteiger partial charge in [0.25, 0.3) is 0 Å². The van der Waals surface area contributed by atoms with Crippen molar-refractivity contribution in [2.75, 3.05) is 25.6 Å². The minimum atomic E-state index is 0.401. The zero-order chi connectivity index (χ0) is 12.0. The van der Waals surface area contributed by atoms with Crippen LogP contribution in [0.1, 0.15) is 13.8 Å². The smallest absolute Gasteiger partial charge is 0.237 e. The average Bonchev–Trinajstić information content (AvgIpc) is 2.20. The monoisotopic (exact) mass is 244 g/mol. The molecule has 1 aromatic heterocycles. The van der Waals surface area contributed by atoms with E-state index in [0.29, 0.717) is 35.7 Å². The van der Waals surface area contributed by atoms with Crippen molar-refractivity contribution in [3.8, 4) is 5.88 Å². The predicted molar refractivity (Wildman–Crippen MR) is 64.8 cm³/mol. The van der Waals surface area contributed by atoms with Crippen molar-refractivity contribution in [1.29, 1.82) is 0 Å². The van der Waals surface area contributed by atoms with Crippen molar-refractivity contribution in [3.63, 3.8) is 0 Å². The first-order valence-corrected chi connectivity index (χ1v) is 5.59. The Morgan fingerprint density at radius 2 is 2.19 bits per heavy atom. The molecule has 1 rings (SSSR count). The van der Waals surface area contributed by atoms with Crippen LogP contribution in [0.2, 0.25) is 5.02 Å². The van der Waals surface area contributed by atoms with Gasteiger partial charge in [0, 0.05) is 12.8 Å². The quantitative estimate of drug-likeness (QED) is 0.781. The van der Waals surface area contributed by atoms with Crippen LogP contribution in [0.3, 0.4) is 0 Å². The number of nitrogens with two attached hydrogens (primary N) is 1. The Labute approximate surface area is 101 Å². The summed E-state index contributed by atoms with van der Waals surface area (Å²) in [6.45, 7) is 5.89. The Morgan fingerprint density at radius 3 is 2.81 bits per heavy atom. The zero-order valence-corrected chi connectivity index (χ0v) is 10.3. The van der Waals surface area contributed by atoms with Gasteiger partial charge in [0.05, 0.1) is 17.3 Å². The molecule has 1 aromatic rings. The summed E-state index contributed by atoms with van der Waals surface area (Å²) in [5, 5.41) is 0.501. The molecule has 0 aliphatic carbocycles. The van der Waals surface area contributed by atoms with E-state index in [9.17, 15) is 0 Å². The summed E-state index contributed by atoms with van der Waals surface area (Å²) in [5.74, 6) is 0.927. The maximum absolute atomic E-state index is 5.71. The molecule has 90 valence electrons. The molecule has 0 aliphatic heterocycles. The summed E-state index contributed by atoms with van der Waals surface area (Å²) >= 11 is 5.71. The van der Waals surface area contributed by atoms with Gasteiger partial charge < -0.3 is 15.2 Å². The Morgan fingerprint density at radius 1 is 1.44 bits per heavy atom. The third-order valence-electron chi connectivity index (χ3n) is 1.76. The number of nitrogen functional groups attached to an aromatic ring is 1. The summed E-state index contributed by atoms with van der Waals surface area (Å²) in [7, 11) is 0. The molecule has 0 bridgehead atoms.